The molecule has 0 bridgehead atoms. The second-order valence-corrected chi connectivity index (χ2v) is 4.64. The van der Waals surface area contributed by atoms with Crippen molar-refractivity contribution in [2.75, 3.05) is 26.3 Å². The van der Waals surface area contributed by atoms with Crippen molar-refractivity contribution in [1.82, 2.24) is 15.5 Å². The summed E-state index contributed by atoms with van der Waals surface area (Å²) in [6.45, 7) is 4.12. The maximum Gasteiger partial charge on any atom is 0.317 e. The first-order valence-corrected chi connectivity index (χ1v) is 6.05. The number of hydrogen-bond donors (Lipinski definition) is 2. The number of amides is 3. The van der Waals surface area contributed by atoms with Crippen LogP contribution < -0.4 is 10.6 Å². The lowest BCUT2D eigenvalue weighted by Gasteiger charge is -2.20. The molecule has 0 aromatic carbocycles. The molecule has 0 saturated carbocycles. The molecule has 6 nitrogen and oxygen atoms in total. The van der Waals surface area contributed by atoms with E-state index in [-0.39, 0.29) is 24.0 Å². The largest absolute Gasteiger partial charge is 0.379 e. The summed E-state index contributed by atoms with van der Waals surface area (Å²) in [5.74, 6) is -0.0403. The third kappa shape index (κ3) is 3.33. The zero-order valence-electron chi connectivity index (χ0n) is 10.1. The van der Waals surface area contributed by atoms with Gasteiger partial charge in [-0.2, -0.15) is 0 Å². The highest BCUT2D eigenvalue weighted by molar-refractivity contribution is 5.76. The molecule has 0 spiro atoms. The van der Waals surface area contributed by atoms with Crippen molar-refractivity contribution in [1.29, 1.82) is 0 Å². The monoisotopic (exact) mass is 241 g/mol. The van der Waals surface area contributed by atoms with Crippen LogP contribution in [0.3, 0.4) is 0 Å². The normalized spacial score (nSPS) is 28.2. The van der Waals surface area contributed by atoms with Crippen LogP contribution in [0.4, 0.5) is 4.79 Å². The van der Waals surface area contributed by atoms with E-state index in [1.807, 2.05) is 0 Å². The van der Waals surface area contributed by atoms with E-state index in [0.717, 1.165) is 19.4 Å². The summed E-state index contributed by atoms with van der Waals surface area (Å²) in [4.78, 5) is 24.5. The Morgan fingerprint density at radius 2 is 2.06 bits per heavy atom. The minimum Gasteiger partial charge on any atom is -0.379 e. The van der Waals surface area contributed by atoms with E-state index in [1.54, 1.807) is 4.90 Å². The molecule has 2 unspecified atom stereocenters. The smallest absolute Gasteiger partial charge is 0.317 e. The highest BCUT2D eigenvalue weighted by Crippen LogP contribution is 2.10. The molecule has 2 aliphatic heterocycles. The lowest BCUT2D eigenvalue weighted by atomic mass is 10.2. The number of carbonyl (C=O) groups excluding carboxylic acids is 2. The summed E-state index contributed by atoms with van der Waals surface area (Å²) in [5.41, 5.74) is 0. The van der Waals surface area contributed by atoms with Crippen molar-refractivity contribution >= 4 is 11.9 Å². The zero-order chi connectivity index (χ0) is 12.3. The standard InChI is InChI=1S/C11H19N3O3/c1-8(15)12-9-2-4-14(6-9)11(16)13-10-3-5-17-7-10/h9-10H,2-7H2,1H3,(H,12,15)(H,13,16). The lowest BCUT2D eigenvalue weighted by molar-refractivity contribution is -0.119. The van der Waals surface area contributed by atoms with Crippen LogP contribution in [0.25, 0.3) is 0 Å². The molecule has 6 heteroatoms. The summed E-state index contributed by atoms with van der Waals surface area (Å²) in [6.07, 6.45) is 1.71. The molecular weight excluding hydrogens is 222 g/mol. The number of nitrogens with one attached hydrogen (secondary N) is 2. The topological polar surface area (TPSA) is 70.7 Å². The van der Waals surface area contributed by atoms with Gasteiger partial charge in [-0.25, -0.2) is 4.79 Å². The molecule has 0 aromatic rings. The van der Waals surface area contributed by atoms with Crippen molar-refractivity contribution in [3.05, 3.63) is 0 Å². The van der Waals surface area contributed by atoms with Crippen molar-refractivity contribution in [2.24, 2.45) is 0 Å². The maximum atomic E-state index is 11.9. The van der Waals surface area contributed by atoms with E-state index in [2.05, 4.69) is 10.6 Å². The van der Waals surface area contributed by atoms with Crippen molar-refractivity contribution in [3.63, 3.8) is 0 Å². The Labute approximate surface area is 101 Å². The molecule has 2 saturated heterocycles. The SMILES string of the molecule is CC(=O)NC1CCN(C(=O)NC2CCOC2)C1. The van der Waals surface area contributed by atoms with Crippen LogP contribution in [0, 0.1) is 0 Å². The summed E-state index contributed by atoms with van der Waals surface area (Å²) in [7, 11) is 0. The van der Waals surface area contributed by atoms with E-state index in [9.17, 15) is 9.59 Å². The van der Waals surface area contributed by atoms with Gasteiger partial charge in [0, 0.05) is 32.7 Å². The van der Waals surface area contributed by atoms with Gasteiger partial charge >= 0.3 is 6.03 Å². The predicted molar refractivity (Wildman–Crippen MR) is 61.6 cm³/mol. The number of hydrogen-bond acceptors (Lipinski definition) is 3. The second-order valence-electron chi connectivity index (χ2n) is 4.64. The van der Waals surface area contributed by atoms with Crippen molar-refractivity contribution < 1.29 is 14.3 Å². The van der Waals surface area contributed by atoms with Gasteiger partial charge in [0.25, 0.3) is 0 Å². The van der Waals surface area contributed by atoms with E-state index in [0.29, 0.717) is 19.7 Å². The van der Waals surface area contributed by atoms with Crippen LogP contribution in [0.1, 0.15) is 19.8 Å². The van der Waals surface area contributed by atoms with Crippen LogP contribution in [-0.4, -0.2) is 55.2 Å². The molecule has 2 aliphatic rings. The van der Waals surface area contributed by atoms with Gasteiger partial charge in [-0.05, 0) is 12.8 Å². The first-order chi connectivity index (χ1) is 8.15. The first kappa shape index (κ1) is 12.2. The molecule has 2 heterocycles. The summed E-state index contributed by atoms with van der Waals surface area (Å²) in [5, 5.41) is 5.78. The van der Waals surface area contributed by atoms with Gasteiger partial charge in [0.1, 0.15) is 0 Å². The molecule has 17 heavy (non-hydrogen) atoms. The summed E-state index contributed by atoms with van der Waals surface area (Å²) < 4.78 is 5.20. The number of ether oxygens (including phenoxy) is 1. The number of urea groups is 1. The number of rotatable bonds is 2. The van der Waals surface area contributed by atoms with Gasteiger partial charge in [0.05, 0.1) is 12.6 Å². The summed E-state index contributed by atoms with van der Waals surface area (Å²) in [6, 6.07) is 0.189. The van der Waals surface area contributed by atoms with Crippen LogP contribution >= 0.6 is 0 Å². The average Bonchev–Trinajstić information content (AvgIpc) is 2.87. The first-order valence-electron chi connectivity index (χ1n) is 6.05. The van der Waals surface area contributed by atoms with Gasteiger partial charge in [0.2, 0.25) is 5.91 Å². The summed E-state index contributed by atoms with van der Waals surface area (Å²) >= 11 is 0. The third-order valence-electron chi connectivity index (χ3n) is 3.14. The molecular formula is C11H19N3O3. The molecule has 0 radical (unpaired) electrons. The minimum atomic E-state index is -0.0478. The number of nitrogens with zero attached hydrogens (tertiary/aromatic N) is 1. The molecule has 0 aliphatic carbocycles. The fourth-order valence-corrected chi connectivity index (χ4v) is 2.26. The molecule has 96 valence electrons. The third-order valence-corrected chi connectivity index (χ3v) is 3.14. The van der Waals surface area contributed by atoms with E-state index in [1.165, 1.54) is 6.92 Å². The second kappa shape index (κ2) is 5.35. The number of likely N-dealkylation sites (tertiary alicyclic amines) is 1. The highest BCUT2D eigenvalue weighted by Gasteiger charge is 2.28. The van der Waals surface area contributed by atoms with Crippen molar-refractivity contribution in [2.45, 2.75) is 31.8 Å². The van der Waals surface area contributed by atoms with E-state index < -0.39 is 0 Å². The molecule has 2 rings (SSSR count). The van der Waals surface area contributed by atoms with Gasteiger partial charge < -0.3 is 20.3 Å². The van der Waals surface area contributed by atoms with Gasteiger partial charge in [-0.15, -0.1) is 0 Å². The van der Waals surface area contributed by atoms with Crippen LogP contribution in [0.5, 0.6) is 0 Å². The molecule has 0 aromatic heterocycles. The maximum absolute atomic E-state index is 11.9. The Bertz CT molecular complexity index is 302. The van der Waals surface area contributed by atoms with E-state index >= 15 is 0 Å². The number of carbonyl (C=O) groups is 2. The Balaban J connectivity index is 1.75. The molecule has 3 amide bonds. The van der Waals surface area contributed by atoms with E-state index in [4.69, 9.17) is 4.74 Å². The Hall–Kier alpha value is -1.30. The Morgan fingerprint density at radius 3 is 2.71 bits per heavy atom. The van der Waals surface area contributed by atoms with Crippen LogP contribution in [-0.2, 0) is 9.53 Å². The highest BCUT2D eigenvalue weighted by atomic mass is 16.5. The Morgan fingerprint density at radius 1 is 1.24 bits per heavy atom. The van der Waals surface area contributed by atoms with Gasteiger partial charge in [-0.3, -0.25) is 4.79 Å². The van der Waals surface area contributed by atoms with Gasteiger partial charge in [0.15, 0.2) is 0 Å². The quantitative estimate of drug-likeness (QED) is 0.697. The van der Waals surface area contributed by atoms with Crippen LogP contribution in [0.15, 0.2) is 0 Å². The predicted octanol–water partition coefficient (Wildman–Crippen LogP) is -0.305. The van der Waals surface area contributed by atoms with Gasteiger partial charge in [-0.1, -0.05) is 0 Å². The fraction of sp³-hybridized carbons (Fsp3) is 0.818. The average molecular weight is 241 g/mol. The van der Waals surface area contributed by atoms with Crippen LogP contribution in [0.2, 0.25) is 0 Å². The Kier molecular flexibility index (Phi) is 3.83. The molecule has 2 fully saturated rings. The molecule has 2 atom stereocenters. The zero-order valence-corrected chi connectivity index (χ0v) is 10.1. The lowest BCUT2D eigenvalue weighted by Crippen LogP contribution is -2.45. The molecule has 2 N–H and O–H groups in total. The fourth-order valence-electron chi connectivity index (χ4n) is 2.26. The minimum absolute atomic E-state index is 0.0403. The van der Waals surface area contributed by atoms with Crippen molar-refractivity contribution in [3.8, 4) is 0 Å².